The monoisotopic (exact) mass is 317 g/mol. The predicted octanol–water partition coefficient (Wildman–Crippen LogP) is 2.90. The van der Waals surface area contributed by atoms with Crippen LogP contribution in [0.25, 0.3) is 5.57 Å². The Labute approximate surface area is 135 Å². The van der Waals surface area contributed by atoms with Gasteiger partial charge >= 0.3 is 0 Å². The molecule has 5 heteroatoms. The molecule has 2 aromatic rings. The standard InChI is InChI=1S/C17H20ClN3O/c1-20-16(6-9-19-20)13-7-10-21(11-8-13)12-17(22)14-4-2-3-5-15(14)18/h2-7,9,17,22H,8,10-12H2,1H3/t17-/m0/s1. The van der Waals surface area contributed by atoms with Gasteiger partial charge in [-0.05, 0) is 24.1 Å². The molecule has 1 aliphatic rings. The SMILES string of the molecule is Cn1nccc1C1=CCN(C[C@H](O)c2ccccc2Cl)CC1. The van der Waals surface area contributed by atoms with Crippen molar-refractivity contribution in [3.8, 4) is 0 Å². The van der Waals surface area contributed by atoms with Gasteiger partial charge in [-0.25, -0.2) is 0 Å². The van der Waals surface area contributed by atoms with Gasteiger partial charge < -0.3 is 5.11 Å². The van der Waals surface area contributed by atoms with Crippen molar-refractivity contribution < 1.29 is 5.11 Å². The highest BCUT2D eigenvalue weighted by Crippen LogP contribution is 2.26. The van der Waals surface area contributed by atoms with Gasteiger partial charge in [0.15, 0.2) is 0 Å². The number of nitrogens with zero attached hydrogens (tertiary/aromatic N) is 3. The first kappa shape index (κ1) is 15.3. The molecule has 3 rings (SSSR count). The van der Waals surface area contributed by atoms with Crippen LogP contribution in [0.5, 0.6) is 0 Å². The molecule has 1 aliphatic heterocycles. The van der Waals surface area contributed by atoms with Crippen LogP contribution < -0.4 is 0 Å². The Morgan fingerprint density at radius 2 is 2.14 bits per heavy atom. The second kappa shape index (κ2) is 6.65. The molecule has 0 aliphatic carbocycles. The van der Waals surface area contributed by atoms with Crippen molar-refractivity contribution >= 4 is 17.2 Å². The zero-order chi connectivity index (χ0) is 15.5. The van der Waals surface area contributed by atoms with E-state index < -0.39 is 6.10 Å². The van der Waals surface area contributed by atoms with Crippen molar-refractivity contribution in [3.63, 3.8) is 0 Å². The first-order chi connectivity index (χ1) is 10.6. The Bertz CT molecular complexity index is 680. The summed E-state index contributed by atoms with van der Waals surface area (Å²) in [5.74, 6) is 0. The molecule has 0 saturated carbocycles. The van der Waals surface area contributed by atoms with Crippen molar-refractivity contribution in [2.45, 2.75) is 12.5 Å². The zero-order valence-electron chi connectivity index (χ0n) is 12.6. The summed E-state index contributed by atoms with van der Waals surface area (Å²) in [4.78, 5) is 2.24. The summed E-state index contributed by atoms with van der Waals surface area (Å²) in [7, 11) is 1.96. The number of β-amino-alcohol motifs (C(OH)–C–C–N with tert-alkyl or cyclic N) is 1. The molecular formula is C17H20ClN3O. The number of rotatable bonds is 4. The maximum atomic E-state index is 10.4. The number of hydrogen-bond acceptors (Lipinski definition) is 3. The molecule has 22 heavy (non-hydrogen) atoms. The molecule has 1 N–H and O–H groups in total. The Morgan fingerprint density at radius 1 is 1.32 bits per heavy atom. The van der Waals surface area contributed by atoms with E-state index in [1.54, 1.807) is 0 Å². The molecule has 0 radical (unpaired) electrons. The number of benzene rings is 1. The van der Waals surface area contributed by atoms with Gasteiger partial charge in [0.25, 0.3) is 0 Å². The number of halogens is 1. The Balaban J connectivity index is 1.63. The van der Waals surface area contributed by atoms with E-state index in [4.69, 9.17) is 11.6 Å². The van der Waals surface area contributed by atoms with Gasteiger partial charge in [0.1, 0.15) is 0 Å². The molecule has 2 heterocycles. The number of aromatic nitrogens is 2. The number of hydrogen-bond donors (Lipinski definition) is 1. The minimum Gasteiger partial charge on any atom is -0.387 e. The molecule has 1 atom stereocenters. The lowest BCUT2D eigenvalue weighted by Gasteiger charge is -2.28. The van der Waals surface area contributed by atoms with E-state index in [-0.39, 0.29) is 0 Å². The lowest BCUT2D eigenvalue weighted by Crippen LogP contribution is -2.32. The second-order valence-electron chi connectivity index (χ2n) is 5.62. The molecule has 0 unspecified atom stereocenters. The molecule has 1 aromatic heterocycles. The minimum atomic E-state index is -0.555. The average molecular weight is 318 g/mol. The fourth-order valence-corrected chi connectivity index (χ4v) is 3.15. The fraction of sp³-hybridized carbons (Fsp3) is 0.353. The van der Waals surface area contributed by atoms with Crippen molar-refractivity contribution in [3.05, 3.63) is 58.9 Å². The van der Waals surface area contributed by atoms with E-state index in [9.17, 15) is 5.11 Å². The Morgan fingerprint density at radius 3 is 2.77 bits per heavy atom. The van der Waals surface area contributed by atoms with Gasteiger partial charge in [-0.1, -0.05) is 35.9 Å². The average Bonchev–Trinajstić information content (AvgIpc) is 2.94. The lowest BCUT2D eigenvalue weighted by molar-refractivity contribution is 0.119. The van der Waals surface area contributed by atoms with Gasteiger partial charge in [0.2, 0.25) is 0 Å². The molecule has 0 spiro atoms. The van der Waals surface area contributed by atoms with Crippen LogP contribution in [0.1, 0.15) is 23.8 Å². The van der Waals surface area contributed by atoms with Crippen LogP contribution in [0.2, 0.25) is 5.02 Å². The van der Waals surface area contributed by atoms with E-state index >= 15 is 0 Å². The normalized spacial score (nSPS) is 17.3. The van der Waals surface area contributed by atoms with Gasteiger partial charge in [0, 0.05) is 43.5 Å². The topological polar surface area (TPSA) is 41.3 Å². The Hall–Kier alpha value is -1.62. The zero-order valence-corrected chi connectivity index (χ0v) is 13.4. The van der Waals surface area contributed by atoms with Gasteiger partial charge in [-0.2, -0.15) is 5.10 Å². The molecule has 116 valence electrons. The highest BCUT2D eigenvalue weighted by atomic mass is 35.5. The third-order valence-corrected chi connectivity index (χ3v) is 4.48. The minimum absolute atomic E-state index is 0.555. The van der Waals surface area contributed by atoms with Crippen LogP contribution in [-0.2, 0) is 7.05 Å². The predicted molar refractivity (Wildman–Crippen MR) is 88.7 cm³/mol. The van der Waals surface area contributed by atoms with Crippen LogP contribution in [0.3, 0.4) is 0 Å². The van der Waals surface area contributed by atoms with Crippen LogP contribution in [0.15, 0.2) is 42.6 Å². The molecule has 1 aromatic carbocycles. The van der Waals surface area contributed by atoms with E-state index in [0.29, 0.717) is 11.6 Å². The van der Waals surface area contributed by atoms with Gasteiger partial charge in [0.05, 0.1) is 11.8 Å². The van der Waals surface area contributed by atoms with Gasteiger partial charge in [-0.3, -0.25) is 9.58 Å². The summed E-state index contributed by atoms with van der Waals surface area (Å²) in [6, 6.07) is 9.52. The molecule has 0 saturated heterocycles. The van der Waals surface area contributed by atoms with Crippen molar-refractivity contribution in [2.24, 2.45) is 7.05 Å². The van der Waals surface area contributed by atoms with Crippen LogP contribution in [0.4, 0.5) is 0 Å². The van der Waals surface area contributed by atoms with Crippen LogP contribution in [0, 0.1) is 0 Å². The summed E-state index contributed by atoms with van der Waals surface area (Å²) < 4.78 is 1.90. The van der Waals surface area contributed by atoms with E-state index in [1.807, 2.05) is 48.3 Å². The van der Waals surface area contributed by atoms with E-state index in [2.05, 4.69) is 16.1 Å². The Kier molecular flexibility index (Phi) is 4.62. The summed E-state index contributed by atoms with van der Waals surface area (Å²) in [6.07, 6.45) is 4.46. The molecule has 0 amide bonds. The highest BCUT2D eigenvalue weighted by Gasteiger charge is 2.19. The molecule has 4 nitrogen and oxygen atoms in total. The first-order valence-electron chi connectivity index (χ1n) is 7.47. The summed E-state index contributed by atoms with van der Waals surface area (Å²) in [6.45, 7) is 2.36. The van der Waals surface area contributed by atoms with Crippen molar-refractivity contribution in [1.82, 2.24) is 14.7 Å². The largest absolute Gasteiger partial charge is 0.387 e. The van der Waals surface area contributed by atoms with E-state index in [1.165, 1.54) is 11.3 Å². The van der Waals surface area contributed by atoms with Crippen LogP contribution >= 0.6 is 11.6 Å². The van der Waals surface area contributed by atoms with Crippen molar-refractivity contribution in [1.29, 1.82) is 0 Å². The smallest absolute Gasteiger partial charge is 0.0931 e. The quantitative estimate of drug-likeness (QED) is 0.942. The van der Waals surface area contributed by atoms with Crippen LogP contribution in [-0.4, -0.2) is 39.4 Å². The lowest BCUT2D eigenvalue weighted by atomic mass is 10.0. The second-order valence-corrected chi connectivity index (χ2v) is 6.02. The summed E-state index contributed by atoms with van der Waals surface area (Å²) in [5.41, 5.74) is 3.29. The summed E-state index contributed by atoms with van der Waals surface area (Å²) in [5, 5.41) is 15.2. The first-order valence-corrected chi connectivity index (χ1v) is 7.85. The van der Waals surface area contributed by atoms with Gasteiger partial charge in [-0.15, -0.1) is 0 Å². The fourth-order valence-electron chi connectivity index (χ4n) is 2.89. The molecular weight excluding hydrogens is 298 g/mol. The number of aliphatic hydroxyl groups is 1. The molecule has 0 fully saturated rings. The highest BCUT2D eigenvalue weighted by molar-refractivity contribution is 6.31. The van der Waals surface area contributed by atoms with E-state index in [0.717, 1.165) is 25.1 Å². The maximum Gasteiger partial charge on any atom is 0.0931 e. The number of aryl methyl sites for hydroxylation is 1. The van der Waals surface area contributed by atoms with Crippen molar-refractivity contribution in [2.75, 3.05) is 19.6 Å². The third kappa shape index (κ3) is 3.24. The molecule has 0 bridgehead atoms. The maximum absolute atomic E-state index is 10.4. The summed E-state index contributed by atoms with van der Waals surface area (Å²) >= 11 is 6.14. The number of aliphatic hydroxyl groups excluding tert-OH is 1. The third-order valence-electron chi connectivity index (χ3n) is 4.14.